The van der Waals surface area contributed by atoms with Crippen LogP contribution in [0.25, 0.3) is 0 Å². The predicted octanol–water partition coefficient (Wildman–Crippen LogP) is 4.73. The van der Waals surface area contributed by atoms with E-state index in [4.69, 9.17) is 11.6 Å². The number of urea groups is 1. The number of hydrogen-bond acceptors (Lipinski definition) is 3. The molecule has 0 fully saturated rings. The molecular formula is C18H15ClF3N5O. The molecule has 1 aromatic carbocycles. The zero-order chi connectivity index (χ0) is 20.3. The van der Waals surface area contributed by atoms with Crippen molar-refractivity contribution in [3.63, 3.8) is 0 Å². The summed E-state index contributed by atoms with van der Waals surface area (Å²) < 4.78 is 40.3. The second kappa shape index (κ2) is 7.89. The Bertz CT molecular complexity index is 972. The Labute approximate surface area is 163 Å². The number of halogens is 4. The normalized spacial score (nSPS) is 11.3. The molecule has 146 valence electrons. The monoisotopic (exact) mass is 409 g/mol. The SMILES string of the molecule is Cn1nccc1N(Cc1ccnc(C(F)(F)F)c1)C(=O)Nc1ccc(Cl)cc1. The van der Waals surface area contributed by atoms with Crippen LogP contribution >= 0.6 is 11.6 Å². The number of carbonyl (C=O) groups excluding carboxylic acids is 1. The molecule has 2 aromatic heterocycles. The Hall–Kier alpha value is -3.07. The molecule has 0 aliphatic rings. The number of rotatable bonds is 4. The van der Waals surface area contributed by atoms with Gasteiger partial charge in [0.25, 0.3) is 0 Å². The Balaban J connectivity index is 1.89. The van der Waals surface area contributed by atoms with Crippen LogP contribution in [0.1, 0.15) is 11.3 Å². The minimum Gasteiger partial charge on any atom is -0.307 e. The van der Waals surface area contributed by atoms with Crippen LogP contribution in [-0.4, -0.2) is 20.8 Å². The first-order chi connectivity index (χ1) is 13.2. The number of aromatic nitrogens is 3. The number of aryl methyl sites for hydroxylation is 1. The van der Waals surface area contributed by atoms with E-state index in [1.807, 2.05) is 0 Å². The van der Waals surface area contributed by atoms with Gasteiger partial charge in [-0.2, -0.15) is 18.3 Å². The fourth-order valence-electron chi connectivity index (χ4n) is 2.52. The first-order valence-corrected chi connectivity index (χ1v) is 8.46. The third-order valence-electron chi connectivity index (χ3n) is 3.87. The smallest absolute Gasteiger partial charge is 0.307 e. The molecule has 0 aliphatic carbocycles. The summed E-state index contributed by atoms with van der Waals surface area (Å²) in [6, 6.07) is 9.87. The fraction of sp³-hybridized carbons (Fsp3) is 0.167. The molecule has 0 saturated heterocycles. The van der Waals surface area contributed by atoms with Gasteiger partial charge >= 0.3 is 12.2 Å². The van der Waals surface area contributed by atoms with Crippen LogP contribution in [0.3, 0.4) is 0 Å². The van der Waals surface area contributed by atoms with Crippen molar-refractivity contribution in [2.75, 3.05) is 10.2 Å². The lowest BCUT2D eigenvalue weighted by atomic mass is 10.2. The van der Waals surface area contributed by atoms with Crippen LogP contribution < -0.4 is 10.2 Å². The molecule has 6 nitrogen and oxygen atoms in total. The van der Waals surface area contributed by atoms with E-state index in [1.165, 1.54) is 21.8 Å². The summed E-state index contributed by atoms with van der Waals surface area (Å²) in [5.41, 5.74) is -0.255. The van der Waals surface area contributed by atoms with Crippen molar-refractivity contribution < 1.29 is 18.0 Å². The van der Waals surface area contributed by atoms with Gasteiger partial charge in [0, 0.05) is 30.0 Å². The van der Waals surface area contributed by atoms with Crippen LogP contribution in [0.5, 0.6) is 0 Å². The van der Waals surface area contributed by atoms with Gasteiger partial charge in [-0.3, -0.25) is 14.6 Å². The van der Waals surface area contributed by atoms with Crippen molar-refractivity contribution in [2.45, 2.75) is 12.7 Å². The van der Waals surface area contributed by atoms with E-state index in [-0.39, 0.29) is 12.1 Å². The molecule has 0 radical (unpaired) electrons. The van der Waals surface area contributed by atoms with Gasteiger partial charge < -0.3 is 5.32 Å². The Morgan fingerprint density at radius 1 is 1.18 bits per heavy atom. The molecule has 28 heavy (non-hydrogen) atoms. The van der Waals surface area contributed by atoms with Crippen molar-refractivity contribution >= 4 is 29.1 Å². The molecule has 2 heterocycles. The molecule has 0 saturated carbocycles. The first-order valence-electron chi connectivity index (χ1n) is 8.08. The fourth-order valence-corrected chi connectivity index (χ4v) is 2.65. The second-order valence-corrected chi connectivity index (χ2v) is 6.32. The standard InChI is InChI=1S/C18H15ClF3N5O/c1-26-16(7-9-24-26)27(17(28)25-14-4-2-13(19)3-5-14)11-12-6-8-23-15(10-12)18(20,21)22/h2-10H,11H2,1H3,(H,25,28). The van der Waals surface area contributed by atoms with E-state index in [1.54, 1.807) is 37.4 Å². The summed E-state index contributed by atoms with van der Waals surface area (Å²) in [4.78, 5) is 17.5. The average Bonchev–Trinajstić information content (AvgIpc) is 3.07. The lowest BCUT2D eigenvalue weighted by molar-refractivity contribution is -0.141. The molecule has 3 rings (SSSR count). The molecule has 2 amide bonds. The zero-order valence-corrected chi connectivity index (χ0v) is 15.4. The maximum absolute atomic E-state index is 12.9. The predicted molar refractivity (Wildman–Crippen MR) is 99.1 cm³/mol. The summed E-state index contributed by atoms with van der Waals surface area (Å²) in [7, 11) is 1.63. The summed E-state index contributed by atoms with van der Waals surface area (Å²) >= 11 is 5.84. The molecule has 0 atom stereocenters. The highest BCUT2D eigenvalue weighted by Gasteiger charge is 2.32. The number of benzene rings is 1. The zero-order valence-electron chi connectivity index (χ0n) is 14.6. The number of alkyl halides is 3. The molecule has 1 N–H and O–H groups in total. The number of hydrogen-bond donors (Lipinski definition) is 1. The molecule has 3 aromatic rings. The first kappa shape index (κ1) is 19.7. The number of carbonyl (C=O) groups is 1. The Morgan fingerprint density at radius 2 is 1.89 bits per heavy atom. The molecule has 0 bridgehead atoms. The van der Waals surface area contributed by atoms with E-state index in [9.17, 15) is 18.0 Å². The van der Waals surface area contributed by atoms with Gasteiger partial charge in [-0.25, -0.2) is 4.79 Å². The van der Waals surface area contributed by atoms with Crippen LogP contribution in [0.4, 0.5) is 29.5 Å². The number of amides is 2. The van der Waals surface area contributed by atoms with E-state index in [2.05, 4.69) is 15.4 Å². The number of nitrogens with one attached hydrogen (secondary N) is 1. The molecule has 10 heteroatoms. The van der Waals surface area contributed by atoms with Crippen LogP contribution in [0.15, 0.2) is 54.9 Å². The van der Waals surface area contributed by atoms with Gasteiger partial charge in [-0.15, -0.1) is 0 Å². The number of pyridine rings is 1. The highest BCUT2D eigenvalue weighted by Crippen LogP contribution is 2.28. The maximum atomic E-state index is 12.9. The topological polar surface area (TPSA) is 63.1 Å². The highest BCUT2D eigenvalue weighted by atomic mass is 35.5. The van der Waals surface area contributed by atoms with Crippen molar-refractivity contribution in [1.82, 2.24) is 14.8 Å². The van der Waals surface area contributed by atoms with Crippen molar-refractivity contribution in [3.8, 4) is 0 Å². The summed E-state index contributed by atoms with van der Waals surface area (Å²) in [5.74, 6) is 0.414. The van der Waals surface area contributed by atoms with Crippen LogP contribution in [0.2, 0.25) is 5.02 Å². The van der Waals surface area contributed by atoms with E-state index in [0.29, 0.717) is 16.5 Å². The Morgan fingerprint density at radius 3 is 2.50 bits per heavy atom. The lowest BCUT2D eigenvalue weighted by Crippen LogP contribution is -2.36. The largest absolute Gasteiger partial charge is 0.433 e. The summed E-state index contributed by atoms with van der Waals surface area (Å²) in [6.07, 6.45) is -2.01. The van der Waals surface area contributed by atoms with Crippen molar-refractivity contribution in [1.29, 1.82) is 0 Å². The van der Waals surface area contributed by atoms with Gasteiger partial charge in [-0.05, 0) is 42.0 Å². The van der Waals surface area contributed by atoms with Crippen molar-refractivity contribution in [3.05, 3.63) is 71.1 Å². The third-order valence-corrected chi connectivity index (χ3v) is 4.12. The summed E-state index contributed by atoms with van der Waals surface area (Å²) in [5, 5.41) is 7.23. The van der Waals surface area contributed by atoms with Gasteiger partial charge in [0.2, 0.25) is 0 Å². The highest BCUT2D eigenvalue weighted by molar-refractivity contribution is 6.30. The Kier molecular flexibility index (Phi) is 5.55. The minimum absolute atomic E-state index is 0.107. The average molecular weight is 410 g/mol. The quantitative estimate of drug-likeness (QED) is 0.677. The third kappa shape index (κ3) is 4.61. The number of anilines is 2. The van der Waals surface area contributed by atoms with Gasteiger partial charge in [0.05, 0.1) is 12.7 Å². The molecule has 0 aliphatic heterocycles. The van der Waals surface area contributed by atoms with Gasteiger partial charge in [-0.1, -0.05) is 11.6 Å². The van der Waals surface area contributed by atoms with Gasteiger partial charge in [0.15, 0.2) is 0 Å². The van der Waals surface area contributed by atoms with Crippen LogP contribution in [-0.2, 0) is 19.8 Å². The van der Waals surface area contributed by atoms with Crippen molar-refractivity contribution in [2.24, 2.45) is 7.05 Å². The second-order valence-electron chi connectivity index (χ2n) is 5.88. The van der Waals surface area contributed by atoms with Crippen LogP contribution in [0, 0.1) is 0 Å². The van der Waals surface area contributed by atoms with Gasteiger partial charge in [0.1, 0.15) is 11.5 Å². The lowest BCUT2D eigenvalue weighted by Gasteiger charge is -2.23. The summed E-state index contributed by atoms with van der Waals surface area (Å²) in [6.45, 7) is -0.107. The van der Waals surface area contributed by atoms with E-state index in [0.717, 1.165) is 12.3 Å². The maximum Gasteiger partial charge on any atom is 0.433 e. The minimum atomic E-state index is -4.57. The number of nitrogens with zero attached hydrogens (tertiary/aromatic N) is 4. The molecular weight excluding hydrogens is 395 g/mol. The van der Waals surface area contributed by atoms with E-state index < -0.39 is 17.9 Å². The molecule has 0 spiro atoms. The van der Waals surface area contributed by atoms with E-state index >= 15 is 0 Å². The molecule has 0 unspecified atom stereocenters.